The maximum Gasteiger partial charge on any atom is 0.270 e. The zero-order valence-corrected chi connectivity index (χ0v) is 11.3. The first kappa shape index (κ1) is 14.6. The first-order chi connectivity index (χ1) is 9.27. The van der Waals surface area contributed by atoms with Crippen LogP contribution in [0, 0.1) is 5.92 Å². The van der Waals surface area contributed by atoms with Gasteiger partial charge in [-0.25, -0.2) is 8.78 Å². The van der Waals surface area contributed by atoms with Gasteiger partial charge in [0.2, 0.25) is 0 Å². The first-order valence-electron chi connectivity index (χ1n) is 6.43. The Hall–Kier alpha value is -1.85. The topological polar surface area (TPSA) is 59.1 Å². The average molecular weight is 282 g/mol. The third-order valence-corrected chi connectivity index (χ3v) is 3.55. The molecule has 1 amide bonds. The molecule has 0 bridgehead atoms. The van der Waals surface area contributed by atoms with Gasteiger partial charge in [-0.05, 0) is 31.9 Å². The summed E-state index contributed by atoms with van der Waals surface area (Å²) in [4.78, 5) is 26.8. The fourth-order valence-corrected chi connectivity index (χ4v) is 2.15. The number of ketones is 1. The Morgan fingerprint density at radius 3 is 2.60 bits per heavy atom. The van der Waals surface area contributed by atoms with Gasteiger partial charge in [0.25, 0.3) is 11.8 Å². The minimum Gasteiger partial charge on any atom is -0.348 e. The molecule has 6 heteroatoms. The van der Waals surface area contributed by atoms with Gasteiger partial charge in [-0.2, -0.15) is 0 Å². The summed E-state index contributed by atoms with van der Waals surface area (Å²) in [6, 6.07) is 2.20. The van der Waals surface area contributed by atoms with E-state index in [4.69, 9.17) is 0 Å². The molecule has 1 saturated carbocycles. The van der Waals surface area contributed by atoms with Crippen LogP contribution in [0.1, 0.15) is 42.7 Å². The molecule has 1 aromatic rings. The molecule has 0 aliphatic heterocycles. The number of nitrogens with zero attached hydrogens (tertiary/aromatic N) is 1. The van der Waals surface area contributed by atoms with Gasteiger partial charge >= 0.3 is 0 Å². The second kappa shape index (κ2) is 5.26. The molecule has 2 rings (SSSR count). The lowest BCUT2D eigenvalue weighted by molar-refractivity contribution is -0.123. The highest BCUT2D eigenvalue weighted by Crippen LogP contribution is 2.29. The van der Waals surface area contributed by atoms with Crippen LogP contribution < -0.4 is 5.32 Å². The van der Waals surface area contributed by atoms with E-state index in [2.05, 4.69) is 10.3 Å². The second-order valence-corrected chi connectivity index (χ2v) is 5.27. The fraction of sp³-hybridized carbons (Fsp3) is 0.500. The lowest BCUT2D eigenvalue weighted by Gasteiger charge is -2.33. The molecule has 0 saturated heterocycles. The van der Waals surface area contributed by atoms with Gasteiger partial charge < -0.3 is 5.32 Å². The Morgan fingerprint density at radius 1 is 1.40 bits per heavy atom. The first-order valence-corrected chi connectivity index (χ1v) is 6.43. The van der Waals surface area contributed by atoms with E-state index >= 15 is 0 Å². The van der Waals surface area contributed by atoms with Crippen molar-refractivity contribution in [3.05, 3.63) is 29.6 Å². The number of hydrogen-bond donors (Lipinski definition) is 1. The molecule has 20 heavy (non-hydrogen) atoms. The van der Waals surface area contributed by atoms with E-state index in [-0.39, 0.29) is 29.0 Å². The Balaban J connectivity index is 1.99. The predicted molar refractivity (Wildman–Crippen MR) is 68.5 cm³/mol. The Bertz CT molecular complexity index is 534. The molecular formula is C14H16F2N2O2. The third-order valence-electron chi connectivity index (χ3n) is 3.55. The van der Waals surface area contributed by atoms with E-state index in [1.807, 2.05) is 0 Å². The van der Waals surface area contributed by atoms with E-state index in [0.29, 0.717) is 12.8 Å². The van der Waals surface area contributed by atoms with E-state index in [0.717, 1.165) is 13.0 Å². The van der Waals surface area contributed by atoms with Crippen molar-refractivity contribution in [2.45, 2.75) is 38.7 Å². The van der Waals surface area contributed by atoms with Crippen molar-refractivity contribution in [3.8, 4) is 0 Å². The molecule has 4 nitrogen and oxygen atoms in total. The lowest BCUT2D eigenvalue weighted by atomic mass is 9.78. The molecule has 1 aromatic heterocycles. The highest BCUT2D eigenvalue weighted by atomic mass is 19.3. The highest BCUT2D eigenvalue weighted by Gasteiger charge is 2.33. The standard InChI is InChI=1S/C14H16F2N2O2/c1-8(19)9-5-11(6-9)18-13(20)12-7-10(3-4-17-12)14(2,15)16/h3-4,7,9,11H,5-6H2,1-2H3,(H,18,20). The Morgan fingerprint density at radius 2 is 2.05 bits per heavy atom. The number of amides is 1. The molecule has 0 aromatic carbocycles. The number of pyridine rings is 1. The summed E-state index contributed by atoms with van der Waals surface area (Å²) in [5.41, 5.74) is -0.275. The number of rotatable bonds is 4. The lowest BCUT2D eigenvalue weighted by Crippen LogP contribution is -2.46. The SMILES string of the molecule is CC(=O)C1CC(NC(=O)c2cc(C(C)(F)F)ccn2)C1. The van der Waals surface area contributed by atoms with Crippen LogP contribution in [0.3, 0.4) is 0 Å². The maximum atomic E-state index is 13.2. The van der Waals surface area contributed by atoms with Crippen molar-refractivity contribution in [3.63, 3.8) is 0 Å². The predicted octanol–water partition coefficient (Wildman–Crippen LogP) is 2.29. The van der Waals surface area contributed by atoms with Crippen LogP contribution in [0.5, 0.6) is 0 Å². The zero-order valence-electron chi connectivity index (χ0n) is 11.3. The van der Waals surface area contributed by atoms with Crippen molar-refractivity contribution >= 4 is 11.7 Å². The van der Waals surface area contributed by atoms with Crippen molar-refractivity contribution in [2.24, 2.45) is 5.92 Å². The molecular weight excluding hydrogens is 266 g/mol. The number of carbonyl (C=O) groups is 2. The van der Waals surface area contributed by atoms with Crippen LogP contribution in [-0.4, -0.2) is 22.7 Å². The summed E-state index contributed by atoms with van der Waals surface area (Å²) >= 11 is 0. The van der Waals surface area contributed by atoms with Gasteiger partial charge in [-0.3, -0.25) is 14.6 Å². The molecule has 0 spiro atoms. The number of nitrogens with one attached hydrogen (secondary N) is 1. The smallest absolute Gasteiger partial charge is 0.270 e. The highest BCUT2D eigenvalue weighted by molar-refractivity contribution is 5.93. The largest absolute Gasteiger partial charge is 0.348 e. The van der Waals surface area contributed by atoms with Crippen molar-refractivity contribution in [1.29, 1.82) is 0 Å². The van der Waals surface area contributed by atoms with Gasteiger partial charge in [-0.15, -0.1) is 0 Å². The quantitative estimate of drug-likeness (QED) is 0.921. The van der Waals surface area contributed by atoms with E-state index in [9.17, 15) is 18.4 Å². The number of hydrogen-bond acceptors (Lipinski definition) is 3. The fourth-order valence-electron chi connectivity index (χ4n) is 2.15. The van der Waals surface area contributed by atoms with Crippen molar-refractivity contribution in [1.82, 2.24) is 10.3 Å². The molecule has 108 valence electrons. The Kier molecular flexibility index (Phi) is 3.83. The summed E-state index contributed by atoms with van der Waals surface area (Å²) in [5.74, 6) is -3.38. The number of carbonyl (C=O) groups excluding carboxylic acids is 2. The second-order valence-electron chi connectivity index (χ2n) is 5.27. The van der Waals surface area contributed by atoms with E-state index < -0.39 is 11.8 Å². The summed E-state index contributed by atoms with van der Waals surface area (Å²) in [5, 5.41) is 2.70. The van der Waals surface area contributed by atoms with Crippen LogP contribution in [0.25, 0.3) is 0 Å². The van der Waals surface area contributed by atoms with Gasteiger partial charge in [0.15, 0.2) is 0 Å². The van der Waals surface area contributed by atoms with Crippen LogP contribution >= 0.6 is 0 Å². The van der Waals surface area contributed by atoms with Gasteiger partial charge in [0.05, 0.1) is 0 Å². The molecule has 0 unspecified atom stereocenters. The summed E-state index contributed by atoms with van der Waals surface area (Å²) in [6.45, 7) is 2.30. The average Bonchev–Trinajstić information content (AvgIpc) is 2.31. The van der Waals surface area contributed by atoms with Crippen LogP contribution in [-0.2, 0) is 10.7 Å². The molecule has 0 atom stereocenters. The number of Topliss-reactive ketones (excluding diaryl/α,β-unsaturated/α-hetero) is 1. The summed E-state index contributed by atoms with van der Waals surface area (Å²) < 4.78 is 26.4. The van der Waals surface area contributed by atoms with E-state index in [1.165, 1.54) is 19.2 Å². The normalized spacial score (nSPS) is 22.0. The molecule has 1 aliphatic carbocycles. The van der Waals surface area contributed by atoms with Crippen LogP contribution in [0.2, 0.25) is 0 Å². The number of alkyl halides is 2. The molecule has 1 heterocycles. The van der Waals surface area contributed by atoms with Gasteiger partial charge in [-0.1, -0.05) is 0 Å². The maximum absolute atomic E-state index is 13.2. The zero-order chi connectivity index (χ0) is 14.9. The minimum atomic E-state index is -3.01. The van der Waals surface area contributed by atoms with Crippen molar-refractivity contribution < 1.29 is 18.4 Å². The van der Waals surface area contributed by atoms with Crippen LogP contribution in [0.4, 0.5) is 8.78 Å². The van der Waals surface area contributed by atoms with E-state index in [1.54, 1.807) is 0 Å². The third kappa shape index (κ3) is 3.18. The number of aromatic nitrogens is 1. The summed E-state index contributed by atoms with van der Waals surface area (Å²) in [7, 11) is 0. The minimum absolute atomic E-state index is 0.000399. The van der Waals surface area contributed by atoms with Crippen molar-refractivity contribution in [2.75, 3.05) is 0 Å². The Labute approximate surface area is 115 Å². The van der Waals surface area contributed by atoms with Gasteiger partial charge in [0, 0.05) is 30.6 Å². The number of halogens is 2. The molecule has 0 radical (unpaired) electrons. The van der Waals surface area contributed by atoms with Crippen LogP contribution in [0.15, 0.2) is 18.3 Å². The molecule has 1 aliphatic rings. The van der Waals surface area contributed by atoms with Gasteiger partial charge in [0.1, 0.15) is 11.5 Å². The monoisotopic (exact) mass is 282 g/mol. The molecule has 1 fully saturated rings. The summed E-state index contributed by atoms with van der Waals surface area (Å²) in [6.07, 6.45) is 2.40. The molecule has 1 N–H and O–H groups in total.